The normalized spacial score (nSPS) is 19.3. The van der Waals surface area contributed by atoms with Crippen LogP contribution in [0.5, 0.6) is 0 Å². The van der Waals surface area contributed by atoms with Crippen molar-refractivity contribution in [3.8, 4) is 0 Å². The molecule has 0 radical (unpaired) electrons. The van der Waals surface area contributed by atoms with E-state index < -0.39 is 59.8 Å². The highest BCUT2D eigenvalue weighted by Crippen LogP contribution is 2.26. The van der Waals surface area contributed by atoms with Gasteiger partial charge in [0.2, 0.25) is 0 Å². The summed E-state index contributed by atoms with van der Waals surface area (Å²) in [6.07, 6.45) is 47.8. The Bertz CT molecular complexity index is 1300. The summed E-state index contributed by atoms with van der Waals surface area (Å²) in [5.74, 6) is -0.395. The van der Waals surface area contributed by atoms with Crippen LogP contribution in [0.25, 0.3) is 0 Å². The standard InChI is InChI=1S/C56H106O12S/c1-3-5-7-9-11-13-15-17-19-21-23-24-25-26-27-29-31-33-35-37-39-41-43-45-52(58)66-50(49-65-56-54(60)55(68-69(61,62)63)53(59)51(47-57)67-56)48-64-46-44-42-40-38-36-34-32-30-28-22-20-18-16-14-12-10-8-6-4-2/h14,16,20,22,50-51,53-57,59-60H,3-13,15,17-19,21,23-49H2,1-2H3,(H,61,62,63)/b16-14-,22-20-. The molecule has 69 heavy (non-hydrogen) atoms. The lowest BCUT2D eigenvalue weighted by Gasteiger charge is -2.41. The van der Waals surface area contributed by atoms with E-state index in [0.717, 1.165) is 51.4 Å². The zero-order valence-electron chi connectivity index (χ0n) is 44.1. The van der Waals surface area contributed by atoms with Gasteiger partial charge in [0.15, 0.2) is 6.29 Å². The van der Waals surface area contributed by atoms with Crippen molar-refractivity contribution >= 4 is 16.4 Å². The molecule has 1 aliphatic rings. The third-order valence-electron chi connectivity index (χ3n) is 13.3. The number of carbonyl (C=O) groups excluding carboxylic acids is 1. The van der Waals surface area contributed by atoms with Crippen LogP contribution in [-0.4, -0.2) is 97.5 Å². The van der Waals surface area contributed by atoms with Gasteiger partial charge in [-0.05, 0) is 44.9 Å². The lowest BCUT2D eigenvalue weighted by Crippen LogP contribution is -2.60. The minimum atomic E-state index is -5.07. The molecule has 13 heteroatoms. The van der Waals surface area contributed by atoms with E-state index in [1.165, 1.54) is 186 Å². The first-order valence-corrected chi connectivity index (χ1v) is 30.0. The average molecular weight is 1000 g/mol. The maximum atomic E-state index is 13.0. The smallest absolute Gasteiger partial charge is 0.397 e. The van der Waals surface area contributed by atoms with Crippen molar-refractivity contribution in [3.63, 3.8) is 0 Å². The van der Waals surface area contributed by atoms with Crippen molar-refractivity contribution in [2.75, 3.05) is 26.4 Å². The van der Waals surface area contributed by atoms with E-state index in [-0.39, 0.29) is 19.6 Å². The number of aliphatic hydroxyl groups is 3. The predicted molar refractivity (Wildman–Crippen MR) is 281 cm³/mol. The number of aliphatic hydroxyl groups excluding tert-OH is 3. The molecule has 1 aliphatic heterocycles. The fraction of sp³-hybridized carbons (Fsp3) is 0.911. The number of hydrogen-bond donors (Lipinski definition) is 4. The van der Waals surface area contributed by atoms with Crippen LogP contribution in [0, 0.1) is 0 Å². The SMILES string of the molecule is CCCCCC/C=C\C/C=C\CCCCCCCCCCOCC(COC1OC(CO)C(O)C(OS(=O)(=O)O)C1O)OC(=O)CCCCCCCCCCCCCCCCCCCCCCCCC. The maximum Gasteiger partial charge on any atom is 0.397 e. The van der Waals surface area contributed by atoms with E-state index in [1.807, 2.05) is 0 Å². The molecule has 1 heterocycles. The average Bonchev–Trinajstić information content (AvgIpc) is 3.32. The van der Waals surface area contributed by atoms with Crippen LogP contribution < -0.4 is 0 Å². The number of esters is 1. The summed E-state index contributed by atoms with van der Waals surface area (Å²) in [5.41, 5.74) is 0. The van der Waals surface area contributed by atoms with Gasteiger partial charge in [0, 0.05) is 13.0 Å². The summed E-state index contributed by atoms with van der Waals surface area (Å²) < 4.78 is 59.4. The number of allylic oxidation sites excluding steroid dienone is 4. The summed E-state index contributed by atoms with van der Waals surface area (Å²) in [4.78, 5) is 13.0. The molecule has 0 aromatic carbocycles. The number of unbranched alkanes of at least 4 members (excludes halogenated alkanes) is 34. The minimum Gasteiger partial charge on any atom is -0.457 e. The first kappa shape index (κ1) is 65.6. The zero-order chi connectivity index (χ0) is 50.3. The molecular formula is C56H106O12S. The van der Waals surface area contributed by atoms with Crippen molar-refractivity contribution in [1.29, 1.82) is 0 Å². The van der Waals surface area contributed by atoms with E-state index in [2.05, 4.69) is 42.3 Å². The van der Waals surface area contributed by atoms with Crippen molar-refractivity contribution in [2.45, 2.75) is 301 Å². The van der Waals surface area contributed by atoms with Crippen LogP contribution in [-0.2, 0) is 38.3 Å². The molecule has 1 rings (SSSR count). The van der Waals surface area contributed by atoms with Gasteiger partial charge in [0.25, 0.3) is 0 Å². The second kappa shape index (κ2) is 47.6. The fourth-order valence-electron chi connectivity index (χ4n) is 9.00. The first-order chi connectivity index (χ1) is 33.6. The summed E-state index contributed by atoms with van der Waals surface area (Å²) in [7, 11) is -5.07. The highest BCUT2D eigenvalue weighted by Gasteiger charge is 2.48. The Kier molecular flexibility index (Phi) is 45.2. The van der Waals surface area contributed by atoms with Gasteiger partial charge in [-0.25, -0.2) is 4.18 Å². The maximum absolute atomic E-state index is 13.0. The van der Waals surface area contributed by atoms with Crippen LogP contribution in [0.2, 0.25) is 0 Å². The summed E-state index contributed by atoms with van der Waals surface area (Å²) in [6.45, 7) is 4.02. The predicted octanol–water partition coefficient (Wildman–Crippen LogP) is 13.9. The Hall–Kier alpha value is -1.42. The summed E-state index contributed by atoms with van der Waals surface area (Å²) >= 11 is 0. The molecule has 408 valence electrons. The Labute approximate surface area is 422 Å². The van der Waals surface area contributed by atoms with Gasteiger partial charge in [0.1, 0.15) is 30.5 Å². The van der Waals surface area contributed by atoms with Gasteiger partial charge in [-0.1, -0.05) is 237 Å². The Morgan fingerprint density at radius 1 is 0.551 bits per heavy atom. The molecule has 1 saturated heterocycles. The summed E-state index contributed by atoms with van der Waals surface area (Å²) in [5, 5.41) is 30.8. The first-order valence-electron chi connectivity index (χ1n) is 28.6. The van der Waals surface area contributed by atoms with E-state index in [4.69, 9.17) is 18.9 Å². The van der Waals surface area contributed by atoms with Gasteiger partial charge in [-0.15, -0.1) is 0 Å². The molecule has 0 aromatic heterocycles. The van der Waals surface area contributed by atoms with Crippen molar-refractivity contribution < 1.29 is 56.2 Å². The summed E-state index contributed by atoms with van der Waals surface area (Å²) in [6, 6.07) is 0. The third kappa shape index (κ3) is 40.7. The van der Waals surface area contributed by atoms with Crippen LogP contribution in [0.15, 0.2) is 24.3 Å². The fourth-order valence-corrected chi connectivity index (χ4v) is 9.51. The van der Waals surface area contributed by atoms with Crippen LogP contribution in [0.4, 0.5) is 0 Å². The van der Waals surface area contributed by atoms with Gasteiger partial charge < -0.3 is 34.3 Å². The molecule has 12 nitrogen and oxygen atoms in total. The quantitative estimate of drug-likeness (QED) is 0.0196. The van der Waals surface area contributed by atoms with Gasteiger partial charge >= 0.3 is 16.4 Å². The molecule has 1 fully saturated rings. The van der Waals surface area contributed by atoms with E-state index in [9.17, 15) is 33.1 Å². The number of rotatable bonds is 51. The highest BCUT2D eigenvalue weighted by atomic mass is 32.3. The van der Waals surface area contributed by atoms with Gasteiger partial charge in [-0.3, -0.25) is 9.35 Å². The topological polar surface area (TPSA) is 178 Å². The molecule has 6 unspecified atom stereocenters. The third-order valence-corrected chi connectivity index (χ3v) is 13.8. The molecule has 0 bridgehead atoms. The van der Waals surface area contributed by atoms with E-state index >= 15 is 0 Å². The Morgan fingerprint density at radius 2 is 0.957 bits per heavy atom. The Balaban J connectivity index is 2.29. The zero-order valence-corrected chi connectivity index (χ0v) is 45.0. The number of ether oxygens (including phenoxy) is 4. The highest BCUT2D eigenvalue weighted by molar-refractivity contribution is 7.80. The van der Waals surface area contributed by atoms with Gasteiger partial charge in [-0.2, -0.15) is 8.42 Å². The van der Waals surface area contributed by atoms with Crippen LogP contribution >= 0.6 is 0 Å². The minimum absolute atomic E-state index is 0.0364. The van der Waals surface area contributed by atoms with Crippen molar-refractivity contribution in [3.05, 3.63) is 24.3 Å². The molecular weight excluding hydrogens is 897 g/mol. The number of carbonyl (C=O) groups is 1. The Morgan fingerprint density at radius 3 is 1.39 bits per heavy atom. The molecule has 0 aromatic rings. The molecule has 0 spiro atoms. The van der Waals surface area contributed by atoms with E-state index in [1.54, 1.807) is 0 Å². The van der Waals surface area contributed by atoms with Crippen LogP contribution in [0.3, 0.4) is 0 Å². The van der Waals surface area contributed by atoms with Crippen molar-refractivity contribution in [1.82, 2.24) is 0 Å². The van der Waals surface area contributed by atoms with Crippen LogP contribution in [0.1, 0.15) is 264 Å². The lowest BCUT2D eigenvalue weighted by molar-refractivity contribution is -0.301. The van der Waals surface area contributed by atoms with E-state index in [0.29, 0.717) is 13.0 Å². The second-order valence-electron chi connectivity index (χ2n) is 19.9. The molecule has 0 saturated carbocycles. The molecule has 4 N–H and O–H groups in total. The molecule has 0 amide bonds. The second-order valence-corrected chi connectivity index (χ2v) is 20.9. The van der Waals surface area contributed by atoms with Crippen molar-refractivity contribution in [2.24, 2.45) is 0 Å². The lowest BCUT2D eigenvalue weighted by atomic mass is 9.99. The molecule has 6 atom stereocenters. The monoisotopic (exact) mass is 1000 g/mol. The largest absolute Gasteiger partial charge is 0.457 e. The van der Waals surface area contributed by atoms with Gasteiger partial charge in [0.05, 0.1) is 19.8 Å². The molecule has 0 aliphatic carbocycles. The number of hydrogen-bond acceptors (Lipinski definition) is 11.